The number of nitrogens with zero attached hydrogens (tertiary/aromatic N) is 1. The van der Waals surface area contributed by atoms with Gasteiger partial charge in [-0.3, -0.25) is 9.59 Å². The Hall–Kier alpha value is -3.15. The van der Waals surface area contributed by atoms with Crippen molar-refractivity contribution in [1.29, 1.82) is 0 Å². The molecule has 0 fully saturated rings. The Morgan fingerprint density at radius 1 is 1.04 bits per heavy atom. The third kappa shape index (κ3) is 5.73. The van der Waals surface area contributed by atoms with Crippen LogP contribution in [0, 0.1) is 13.8 Å². The van der Waals surface area contributed by atoms with E-state index in [4.69, 9.17) is 4.74 Å². The summed E-state index contributed by atoms with van der Waals surface area (Å²) in [7, 11) is 1.60. The molecule has 2 amide bonds. The monoisotopic (exact) mass is 353 g/mol. The zero-order chi connectivity index (χ0) is 18.9. The van der Waals surface area contributed by atoms with E-state index in [9.17, 15) is 9.59 Å². The predicted molar refractivity (Wildman–Crippen MR) is 103 cm³/mol. The van der Waals surface area contributed by atoms with Gasteiger partial charge in [0.2, 0.25) is 11.8 Å². The lowest BCUT2D eigenvalue weighted by molar-refractivity contribution is -0.124. The number of nitrogens with one attached hydrogen (secondary N) is 2. The molecule has 2 aromatic carbocycles. The number of rotatable bonds is 7. The quantitative estimate of drug-likeness (QED) is 0.593. The van der Waals surface area contributed by atoms with Crippen molar-refractivity contribution in [3.05, 3.63) is 59.2 Å². The fraction of sp³-hybridized carbons (Fsp3) is 0.250. The number of para-hydroxylation sites is 1. The molecule has 6 heteroatoms. The highest BCUT2D eigenvalue weighted by Gasteiger charge is 2.07. The second-order valence-corrected chi connectivity index (χ2v) is 5.89. The number of amides is 2. The maximum absolute atomic E-state index is 11.9. The van der Waals surface area contributed by atoms with Gasteiger partial charge in [0.25, 0.3) is 0 Å². The Morgan fingerprint density at radius 2 is 1.77 bits per heavy atom. The summed E-state index contributed by atoms with van der Waals surface area (Å²) in [4.78, 5) is 23.7. The highest BCUT2D eigenvalue weighted by atomic mass is 16.5. The average Bonchev–Trinajstić information content (AvgIpc) is 2.63. The first-order valence-electron chi connectivity index (χ1n) is 8.31. The van der Waals surface area contributed by atoms with Gasteiger partial charge in [0.1, 0.15) is 5.75 Å². The molecule has 0 aliphatic carbocycles. The van der Waals surface area contributed by atoms with Gasteiger partial charge in [-0.2, -0.15) is 5.10 Å². The third-order valence-corrected chi connectivity index (χ3v) is 3.83. The van der Waals surface area contributed by atoms with Gasteiger partial charge in [-0.15, -0.1) is 0 Å². The Balaban J connectivity index is 1.78. The summed E-state index contributed by atoms with van der Waals surface area (Å²) in [6.07, 6.45) is 1.69. The minimum Gasteiger partial charge on any atom is -0.496 e. The lowest BCUT2D eigenvalue weighted by Gasteiger charge is -2.07. The van der Waals surface area contributed by atoms with E-state index >= 15 is 0 Å². The van der Waals surface area contributed by atoms with Gasteiger partial charge in [-0.05, 0) is 42.7 Å². The molecule has 136 valence electrons. The van der Waals surface area contributed by atoms with Crippen LogP contribution >= 0.6 is 0 Å². The summed E-state index contributed by atoms with van der Waals surface area (Å²) in [5.41, 5.74) is 5.98. The zero-order valence-corrected chi connectivity index (χ0v) is 15.2. The van der Waals surface area contributed by atoms with Crippen LogP contribution in [-0.4, -0.2) is 25.1 Å². The molecule has 0 aliphatic rings. The molecule has 0 spiro atoms. The van der Waals surface area contributed by atoms with E-state index in [0.29, 0.717) is 0 Å². The van der Waals surface area contributed by atoms with E-state index in [1.54, 1.807) is 7.11 Å². The van der Waals surface area contributed by atoms with E-state index in [2.05, 4.69) is 15.8 Å². The molecule has 0 saturated carbocycles. The minimum absolute atomic E-state index is 0.0618. The van der Waals surface area contributed by atoms with Gasteiger partial charge in [0, 0.05) is 18.5 Å². The number of hydrazone groups is 1. The van der Waals surface area contributed by atoms with Crippen molar-refractivity contribution in [3.8, 4) is 5.75 Å². The highest BCUT2D eigenvalue weighted by Crippen LogP contribution is 2.17. The molecule has 0 aromatic heterocycles. The van der Waals surface area contributed by atoms with Gasteiger partial charge < -0.3 is 10.1 Å². The van der Waals surface area contributed by atoms with E-state index in [0.717, 1.165) is 28.1 Å². The van der Waals surface area contributed by atoms with Crippen molar-refractivity contribution in [2.24, 2.45) is 5.10 Å². The van der Waals surface area contributed by atoms with Gasteiger partial charge in [-0.25, -0.2) is 5.43 Å². The van der Waals surface area contributed by atoms with Crippen LogP contribution in [0.1, 0.15) is 29.5 Å². The van der Waals surface area contributed by atoms with Gasteiger partial charge in [-0.1, -0.05) is 30.3 Å². The number of hydrogen-bond donors (Lipinski definition) is 2. The normalized spacial score (nSPS) is 10.6. The fourth-order valence-corrected chi connectivity index (χ4v) is 2.30. The number of methoxy groups -OCH3 is 1. The van der Waals surface area contributed by atoms with E-state index in [1.165, 1.54) is 6.21 Å². The first-order valence-corrected chi connectivity index (χ1v) is 8.31. The average molecular weight is 353 g/mol. The summed E-state index contributed by atoms with van der Waals surface area (Å²) in [5, 5.41) is 6.71. The highest BCUT2D eigenvalue weighted by molar-refractivity contribution is 5.94. The topological polar surface area (TPSA) is 79.8 Å². The van der Waals surface area contributed by atoms with Crippen LogP contribution < -0.4 is 15.5 Å². The zero-order valence-electron chi connectivity index (χ0n) is 15.2. The van der Waals surface area contributed by atoms with Gasteiger partial charge >= 0.3 is 0 Å². The smallest absolute Gasteiger partial charge is 0.240 e. The minimum atomic E-state index is -0.319. The van der Waals surface area contributed by atoms with Crippen LogP contribution in [0.5, 0.6) is 5.75 Å². The molecule has 0 saturated heterocycles. The van der Waals surface area contributed by atoms with Crippen LogP contribution in [-0.2, 0) is 9.59 Å². The molecular formula is C20H23N3O3. The number of carbonyl (C=O) groups is 2. The van der Waals surface area contributed by atoms with Crippen LogP contribution in [0.3, 0.4) is 0 Å². The number of anilines is 1. The van der Waals surface area contributed by atoms with Crippen LogP contribution in [0.25, 0.3) is 0 Å². The molecule has 26 heavy (non-hydrogen) atoms. The molecule has 2 rings (SSSR count). The van der Waals surface area contributed by atoms with Crippen LogP contribution in [0.2, 0.25) is 0 Å². The molecular weight excluding hydrogens is 330 g/mol. The lowest BCUT2D eigenvalue weighted by atomic mass is 10.1. The fourth-order valence-electron chi connectivity index (χ4n) is 2.30. The van der Waals surface area contributed by atoms with Crippen LogP contribution in [0.4, 0.5) is 5.69 Å². The summed E-state index contributed by atoms with van der Waals surface area (Å²) >= 11 is 0. The van der Waals surface area contributed by atoms with Gasteiger partial charge in [0.15, 0.2) is 0 Å². The van der Waals surface area contributed by atoms with Crippen molar-refractivity contribution in [1.82, 2.24) is 5.43 Å². The number of benzene rings is 2. The van der Waals surface area contributed by atoms with Gasteiger partial charge in [0.05, 0.1) is 13.3 Å². The second-order valence-electron chi connectivity index (χ2n) is 5.89. The molecule has 2 N–H and O–H groups in total. The molecule has 2 aromatic rings. The number of hydrogen-bond acceptors (Lipinski definition) is 4. The number of ether oxygens (including phenoxy) is 1. The Labute approximate surface area is 153 Å². The molecule has 0 radical (unpaired) electrons. The first-order chi connectivity index (χ1) is 12.5. The summed E-state index contributed by atoms with van der Waals surface area (Å²) in [5.74, 6) is 0.232. The Bertz CT molecular complexity index is 816. The Morgan fingerprint density at radius 3 is 2.50 bits per heavy atom. The maximum atomic E-state index is 11.9. The van der Waals surface area contributed by atoms with Crippen molar-refractivity contribution in [2.45, 2.75) is 26.7 Å². The molecule has 0 aliphatic heterocycles. The number of carbonyl (C=O) groups excluding carboxylic acids is 2. The molecule has 6 nitrogen and oxygen atoms in total. The van der Waals surface area contributed by atoms with E-state index in [1.807, 2.05) is 56.3 Å². The predicted octanol–water partition coefficient (Wildman–Crippen LogP) is 3.18. The van der Waals surface area contributed by atoms with E-state index in [-0.39, 0.29) is 24.7 Å². The first kappa shape index (κ1) is 19.2. The SMILES string of the molecule is COc1cc(C=NNC(=O)CCC(=O)Nc2ccccc2C)ccc1C. The maximum Gasteiger partial charge on any atom is 0.240 e. The van der Waals surface area contributed by atoms with Crippen molar-refractivity contribution in [3.63, 3.8) is 0 Å². The van der Waals surface area contributed by atoms with Crippen molar-refractivity contribution >= 4 is 23.7 Å². The van der Waals surface area contributed by atoms with Crippen LogP contribution in [0.15, 0.2) is 47.6 Å². The third-order valence-electron chi connectivity index (χ3n) is 3.83. The lowest BCUT2D eigenvalue weighted by Crippen LogP contribution is -2.20. The molecule has 0 unspecified atom stereocenters. The summed E-state index contributed by atoms with van der Waals surface area (Å²) in [6, 6.07) is 13.1. The molecule has 0 heterocycles. The summed E-state index contributed by atoms with van der Waals surface area (Å²) < 4.78 is 5.24. The molecule has 0 bridgehead atoms. The number of aryl methyl sites for hydroxylation is 2. The largest absolute Gasteiger partial charge is 0.496 e. The second kappa shape index (κ2) is 9.36. The van der Waals surface area contributed by atoms with Crippen molar-refractivity contribution in [2.75, 3.05) is 12.4 Å². The standard InChI is InChI=1S/C20H23N3O3/c1-14-6-4-5-7-17(14)22-19(24)10-11-20(25)23-21-13-16-9-8-15(2)18(12-16)26-3/h4-9,12-13H,10-11H2,1-3H3,(H,22,24)(H,23,25). The van der Waals surface area contributed by atoms with E-state index < -0.39 is 0 Å². The Kier molecular flexibility index (Phi) is 6.91. The summed E-state index contributed by atoms with van der Waals surface area (Å²) in [6.45, 7) is 3.86. The van der Waals surface area contributed by atoms with Crippen molar-refractivity contribution < 1.29 is 14.3 Å². The molecule has 0 atom stereocenters.